The van der Waals surface area contributed by atoms with Crippen LogP contribution in [-0.2, 0) is 11.2 Å². The van der Waals surface area contributed by atoms with Crippen LogP contribution in [0.25, 0.3) is 21.9 Å². The van der Waals surface area contributed by atoms with Gasteiger partial charge in [-0.1, -0.05) is 64.1 Å². The molecular weight excluding hydrogens is 406 g/mol. The first-order chi connectivity index (χ1) is 15.2. The van der Waals surface area contributed by atoms with Crippen molar-refractivity contribution in [3.63, 3.8) is 0 Å². The Bertz CT molecular complexity index is 1140. The molecule has 0 fully saturated rings. The lowest BCUT2D eigenvalue weighted by atomic mass is 9.94. The van der Waals surface area contributed by atoms with Crippen LogP contribution in [0.4, 0.5) is 5.69 Å². The van der Waals surface area contributed by atoms with Crippen molar-refractivity contribution >= 4 is 22.4 Å². The fraction of sp³-hybridized carbons (Fsp3) is 0.346. The number of ether oxygens (including phenoxy) is 1. The van der Waals surface area contributed by atoms with Gasteiger partial charge in [0, 0.05) is 11.6 Å². The Hall–Kier alpha value is -3.41. The highest BCUT2D eigenvalue weighted by Crippen LogP contribution is 2.41. The second-order valence-electron chi connectivity index (χ2n) is 8.79. The molecule has 0 radical (unpaired) electrons. The number of nitro benzene ring substituents is 1. The number of nitrogens with zero attached hydrogens (tertiary/aromatic N) is 1. The molecule has 32 heavy (non-hydrogen) atoms. The average molecular weight is 436 g/mol. The van der Waals surface area contributed by atoms with Crippen molar-refractivity contribution in [2.75, 3.05) is 6.61 Å². The molecule has 0 aromatic heterocycles. The van der Waals surface area contributed by atoms with Crippen molar-refractivity contribution in [1.82, 2.24) is 0 Å². The fourth-order valence-electron chi connectivity index (χ4n) is 3.50. The SMILES string of the molecule is CC(Cc1cc(-c2ccc3ccccc3c2)c(OCC(C)C(C)C)c([N+](=O)[O-])c1)C(=O)O. The van der Waals surface area contributed by atoms with Crippen LogP contribution in [0.15, 0.2) is 54.6 Å². The van der Waals surface area contributed by atoms with Gasteiger partial charge >= 0.3 is 11.7 Å². The van der Waals surface area contributed by atoms with E-state index in [2.05, 4.69) is 20.8 Å². The molecule has 2 atom stereocenters. The van der Waals surface area contributed by atoms with Gasteiger partial charge in [-0.25, -0.2) is 0 Å². The van der Waals surface area contributed by atoms with Crippen molar-refractivity contribution in [2.45, 2.75) is 34.1 Å². The van der Waals surface area contributed by atoms with E-state index in [4.69, 9.17) is 4.74 Å². The number of fused-ring (bicyclic) bond motifs is 1. The number of carboxylic acid groups (broad SMARTS) is 1. The third-order valence-electron chi connectivity index (χ3n) is 5.98. The maximum Gasteiger partial charge on any atom is 0.311 e. The third-order valence-corrected chi connectivity index (χ3v) is 5.98. The van der Waals surface area contributed by atoms with Crippen LogP contribution in [0.1, 0.15) is 33.3 Å². The first-order valence-corrected chi connectivity index (χ1v) is 10.8. The Morgan fingerprint density at radius 2 is 1.72 bits per heavy atom. The molecule has 0 saturated carbocycles. The van der Waals surface area contributed by atoms with Crippen LogP contribution in [0, 0.1) is 27.9 Å². The molecule has 3 aromatic carbocycles. The van der Waals surface area contributed by atoms with Crippen molar-refractivity contribution in [3.05, 3.63) is 70.3 Å². The van der Waals surface area contributed by atoms with Gasteiger partial charge in [0.2, 0.25) is 5.75 Å². The summed E-state index contributed by atoms with van der Waals surface area (Å²) in [7, 11) is 0. The summed E-state index contributed by atoms with van der Waals surface area (Å²) < 4.78 is 6.07. The Labute approximate surface area is 188 Å². The zero-order valence-electron chi connectivity index (χ0n) is 18.9. The van der Waals surface area contributed by atoms with Gasteiger partial charge in [-0.15, -0.1) is 0 Å². The molecule has 6 nitrogen and oxygen atoms in total. The minimum absolute atomic E-state index is 0.140. The maximum atomic E-state index is 12.0. The number of carboxylic acids is 1. The second kappa shape index (κ2) is 9.81. The monoisotopic (exact) mass is 435 g/mol. The third kappa shape index (κ3) is 5.25. The lowest BCUT2D eigenvalue weighted by Crippen LogP contribution is -2.16. The molecule has 0 heterocycles. The number of benzene rings is 3. The molecule has 3 aromatic rings. The Balaban J connectivity index is 2.17. The minimum Gasteiger partial charge on any atom is -0.486 e. The van der Waals surface area contributed by atoms with Gasteiger partial charge < -0.3 is 9.84 Å². The number of nitro groups is 1. The molecule has 0 aliphatic carbocycles. The molecule has 168 valence electrons. The van der Waals surface area contributed by atoms with E-state index < -0.39 is 16.8 Å². The van der Waals surface area contributed by atoms with Gasteiger partial charge in [0.1, 0.15) is 0 Å². The standard InChI is InChI=1S/C26H29NO5/c1-16(2)18(4)15-32-25-23(22-10-9-20-7-5-6-8-21(20)14-22)12-19(11-17(3)26(28)29)13-24(25)27(30)31/h5-10,12-14,16-18H,11,15H2,1-4H3,(H,28,29). The number of hydrogen-bond acceptors (Lipinski definition) is 4. The van der Waals surface area contributed by atoms with Gasteiger partial charge in [0.15, 0.2) is 0 Å². The normalized spacial score (nSPS) is 13.2. The topological polar surface area (TPSA) is 89.7 Å². The molecule has 2 unspecified atom stereocenters. The second-order valence-corrected chi connectivity index (χ2v) is 8.79. The lowest BCUT2D eigenvalue weighted by molar-refractivity contribution is -0.385. The summed E-state index contributed by atoms with van der Waals surface area (Å²) in [4.78, 5) is 22.9. The highest BCUT2D eigenvalue weighted by Gasteiger charge is 2.25. The average Bonchev–Trinajstić information content (AvgIpc) is 2.76. The molecule has 0 spiro atoms. The van der Waals surface area contributed by atoms with E-state index in [-0.39, 0.29) is 23.8 Å². The summed E-state index contributed by atoms with van der Waals surface area (Å²) in [6.07, 6.45) is 0.194. The maximum absolute atomic E-state index is 12.0. The van der Waals surface area contributed by atoms with E-state index in [1.807, 2.05) is 48.5 Å². The van der Waals surface area contributed by atoms with Crippen LogP contribution in [0.2, 0.25) is 0 Å². The minimum atomic E-state index is -0.939. The van der Waals surface area contributed by atoms with Gasteiger partial charge in [0.25, 0.3) is 0 Å². The number of hydrogen-bond donors (Lipinski definition) is 1. The van der Waals surface area contributed by atoms with E-state index in [0.717, 1.165) is 16.3 Å². The molecule has 3 rings (SSSR count). The van der Waals surface area contributed by atoms with Crippen LogP contribution in [0.3, 0.4) is 0 Å². The summed E-state index contributed by atoms with van der Waals surface area (Å²) in [5.74, 6) is -0.790. The first kappa shape index (κ1) is 23.3. The van der Waals surface area contributed by atoms with Gasteiger partial charge in [-0.05, 0) is 52.3 Å². The molecule has 6 heteroatoms. The van der Waals surface area contributed by atoms with Crippen molar-refractivity contribution in [2.24, 2.45) is 17.8 Å². The van der Waals surface area contributed by atoms with Crippen LogP contribution in [-0.4, -0.2) is 22.6 Å². The Kier molecular flexibility index (Phi) is 7.13. The quantitative estimate of drug-likeness (QED) is 0.312. The summed E-state index contributed by atoms with van der Waals surface area (Å²) in [6.45, 7) is 8.17. The highest BCUT2D eigenvalue weighted by atomic mass is 16.6. The summed E-state index contributed by atoms with van der Waals surface area (Å²) in [5.41, 5.74) is 1.86. The molecule has 0 saturated heterocycles. The predicted octanol–water partition coefficient (Wildman–Crippen LogP) is 6.35. The lowest BCUT2D eigenvalue weighted by Gasteiger charge is -2.19. The van der Waals surface area contributed by atoms with Gasteiger partial charge in [-0.3, -0.25) is 14.9 Å². The van der Waals surface area contributed by atoms with E-state index in [0.29, 0.717) is 23.7 Å². The molecular formula is C26H29NO5. The first-order valence-electron chi connectivity index (χ1n) is 10.8. The van der Waals surface area contributed by atoms with E-state index in [1.165, 1.54) is 6.07 Å². The van der Waals surface area contributed by atoms with Crippen molar-refractivity contribution in [3.8, 4) is 16.9 Å². The van der Waals surface area contributed by atoms with Crippen LogP contribution in [0.5, 0.6) is 5.75 Å². The van der Waals surface area contributed by atoms with Crippen molar-refractivity contribution < 1.29 is 19.6 Å². The highest BCUT2D eigenvalue weighted by molar-refractivity contribution is 5.89. The molecule has 0 bridgehead atoms. The smallest absolute Gasteiger partial charge is 0.311 e. The van der Waals surface area contributed by atoms with Gasteiger partial charge in [-0.2, -0.15) is 0 Å². The summed E-state index contributed by atoms with van der Waals surface area (Å²) >= 11 is 0. The van der Waals surface area contributed by atoms with E-state index >= 15 is 0 Å². The summed E-state index contributed by atoms with van der Waals surface area (Å²) in [6, 6.07) is 17.1. The van der Waals surface area contributed by atoms with Gasteiger partial charge in [0.05, 0.1) is 17.4 Å². The van der Waals surface area contributed by atoms with Crippen LogP contribution < -0.4 is 4.74 Å². The zero-order chi connectivity index (χ0) is 23.4. The molecule has 0 amide bonds. The molecule has 0 aliphatic rings. The largest absolute Gasteiger partial charge is 0.486 e. The van der Waals surface area contributed by atoms with Crippen molar-refractivity contribution in [1.29, 1.82) is 0 Å². The predicted molar refractivity (Wildman–Crippen MR) is 126 cm³/mol. The van der Waals surface area contributed by atoms with E-state index in [1.54, 1.807) is 6.92 Å². The number of aliphatic carboxylic acids is 1. The number of carbonyl (C=O) groups is 1. The molecule has 0 aliphatic heterocycles. The number of rotatable bonds is 9. The zero-order valence-corrected chi connectivity index (χ0v) is 18.9. The Morgan fingerprint density at radius 3 is 2.34 bits per heavy atom. The Morgan fingerprint density at radius 1 is 1.03 bits per heavy atom. The van der Waals surface area contributed by atoms with Crippen LogP contribution >= 0.6 is 0 Å². The fourth-order valence-corrected chi connectivity index (χ4v) is 3.50. The molecule has 1 N–H and O–H groups in total. The van der Waals surface area contributed by atoms with E-state index in [9.17, 15) is 20.0 Å². The summed E-state index contributed by atoms with van der Waals surface area (Å²) in [5, 5.41) is 23.4.